The van der Waals surface area contributed by atoms with Crippen molar-refractivity contribution in [2.24, 2.45) is 7.05 Å². The van der Waals surface area contributed by atoms with Crippen LogP contribution in [-0.4, -0.2) is 32.4 Å². The van der Waals surface area contributed by atoms with E-state index in [0.29, 0.717) is 30.0 Å². The van der Waals surface area contributed by atoms with Crippen molar-refractivity contribution in [3.63, 3.8) is 0 Å². The molecule has 4 rings (SSSR count). The van der Waals surface area contributed by atoms with Crippen LogP contribution in [0.3, 0.4) is 0 Å². The normalized spacial score (nSPS) is 11.4. The maximum absolute atomic E-state index is 12.1. The van der Waals surface area contributed by atoms with Crippen LogP contribution >= 0.6 is 23.2 Å². The molecule has 2 aromatic carbocycles. The number of benzene rings is 2. The molecule has 178 valence electrons. The number of nitrogens with zero attached hydrogens (tertiary/aromatic N) is 2. The van der Waals surface area contributed by atoms with Gasteiger partial charge in [0, 0.05) is 34.3 Å². The number of fused-ring (bicyclic) bond motifs is 1. The zero-order valence-corrected chi connectivity index (χ0v) is 21.4. The number of aromatic nitrogens is 3. The lowest BCUT2D eigenvalue weighted by Gasteiger charge is -2.10. The van der Waals surface area contributed by atoms with Crippen LogP contribution < -0.4 is 4.74 Å². The van der Waals surface area contributed by atoms with Gasteiger partial charge in [0.25, 0.3) is 0 Å². The lowest BCUT2D eigenvalue weighted by molar-refractivity contribution is 0.0690. The second kappa shape index (κ2) is 9.35. The predicted octanol–water partition coefficient (Wildman–Crippen LogP) is 6.82. The number of carbonyl (C=O) groups is 1. The minimum Gasteiger partial charge on any atom is -0.494 e. The first-order valence-electron chi connectivity index (χ1n) is 11.1. The third-order valence-electron chi connectivity index (χ3n) is 6.25. The van der Waals surface area contributed by atoms with Crippen molar-refractivity contribution in [1.82, 2.24) is 14.8 Å². The Bertz CT molecular complexity index is 1400. The number of aromatic amines is 1. The van der Waals surface area contributed by atoms with Crippen molar-refractivity contribution < 1.29 is 14.6 Å². The Morgan fingerprint density at radius 3 is 2.38 bits per heavy atom. The van der Waals surface area contributed by atoms with Crippen molar-refractivity contribution in [3.05, 3.63) is 68.1 Å². The summed E-state index contributed by atoms with van der Waals surface area (Å²) in [4.78, 5) is 15.2. The first-order chi connectivity index (χ1) is 16.1. The van der Waals surface area contributed by atoms with Crippen LogP contribution in [0.1, 0.15) is 45.0 Å². The van der Waals surface area contributed by atoms with Gasteiger partial charge in [0.1, 0.15) is 11.4 Å². The number of H-pyrrole nitrogens is 1. The van der Waals surface area contributed by atoms with E-state index in [4.69, 9.17) is 27.9 Å². The van der Waals surface area contributed by atoms with Gasteiger partial charge in [-0.2, -0.15) is 5.10 Å². The van der Waals surface area contributed by atoms with Crippen molar-refractivity contribution in [3.8, 4) is 16.9 Å². The van der Waals surface area contributed by atoms with E-state index >= 15 is 0 Å². The number of aromatic carboxylic acids is 1. The molecule has 0 radical (unpaired) electrons. The first kappa shape index (κ1) is 24.2. The molecule has 2 aromatic heterocycles. The minimum absolute atomic E-state index is 0.177. The summed E-state index contributed by atoms with van der Waals surface area (Å²) in [6.45, 7) is 8.25. The SMILES string of the molecule is Cc1cc(OCCCc2c(C(=O)O)[nH]c3c(-c4c(C)nn(C)c4C)c(Cl)ccc23)cc(C)c1Cl. The Hall–Kier alpha value is -2.96. The number of carboxylic acid groups (broad SMARTS) is 1. The molecular weight excluding hydrogens is 473 g/mol. The number of ether oxygens (including phenoxy) is 1. The topological polar surface area (TPSA) is 80.1 Å². The minimum atomic E-state index is -1.00. The monoisotopic (exact) mass is 499 g/mol. The molecule has 0 amide bonds. The molecule has 0 saturated carbocycles. The predicted molar refractivity (Wildman–Crippen MR) is 137 cm³/mol. The molecule has 0 aliphatic carbocycles. The smallest absolute Gasteiger partial charge is 0.352 e. The molecule has 0 spiro atoms. The van der Waals surface area contributed by atoms with Crippen molar-refractivity contribution in [1.29, 1.82) is 0 Å². The van der Waals surface area contributed by atoms with E-state index in [2.05, 4.69) is 10.1 Å². The molecule has 4 aromatic rings. The molecule has 0 unspecified atom stereocenters. The van der Waals surface area contributed by atoms with Gasteiger partial charge in [0.15, 0.2) is 0 Å². The highest BCUT2D eigenvalue weighted by atomic mass is 35.5. The first-order valence-corrected chi connectivity index (χ1v) is 11.8. The summed E-state index contributed by atoms with van der Waals surface area (Å²) < 4.78 is 7.74. The summed E-state index contributed by atoms with van der Waals surface area (Å²) >= 11 is 12.9. The van der Waals surface area contributed by atoms with Gasteiger partial charge >= 0.3 is 5.97 Å². The molecule has 0 aliphatic rings. The third-order valence-corrected chi connectivity index (χ3v) is 7.17. The highest BCUT2D eigenvalue weighted by Crippen LogP contribution is 2.40. The third kappa shape index (κ3) is 4.28. The van der Waals surface area contributed by atoms with E-state index in [9.17, 15) is 9.90 Å². The van der Waals surface area contributed by atoms with Crippen molar-refractivity contribution in [2.45, 2.75) is 40.5 Å². The molecule has 0 bridgehead atoms. The lowest BCUT2D eigenvalue weighted by Crippen LogP contribution is -2.04. The van der Waals surface area contributed by atoms with Gasteiger partial charge < -0.3 is 14.8 Å². The molecule has 0 aliphatic heterocycles. The summed E-state index contributed by atoms with van der Waals surface area (Å²) in [5.41, 5.74) is 7.05. The van der Waals surface area contributed by atoms with Gasteiger partial charge in [-0.1, -0.05) is 29.3 Å². The molecule has 2 N–H and O–H groups in total. The number of carboxylic acids is 1. The number of hydrogen-bond acceptors (Lipinski definition) is 3. The zero-order valence-electron chi connectivity index (χ0n) is 19.8. The summed E-state index contributed by atoms with van der Waals surface area (Å²) in [5.74, 6) is -0.244. The molecule has 0 fully saturated rings. The van der Waals surface area contributed by atoms with Gasteiger partial charge in [0.2, 0.25) is 0 Å². The molecule has 6 nitrogen and oxygen atoms in total. The fourth-order valence-corrected chi connectivity index (χ4v) is 4.91. The molecule has 2 heterocycles. The summed E-state index contributed by atoms with van der Waals surface area (Å²) in [7, 11) is 1.88. The van der Waals surface area contributed by atoms with Gasteiger partial charge in [-0.3, -0.25) is 4.68 Å². The van der Waals surface area contributed by atoms with Gasteiger partial charge in [-0.05, 0) is 75.4 Å². The Labute approximate surface area is 208 Å². The van der Waals surface area contributed by atoms with Gasteiger partial charge in [-0.25, -0.2) is 4.79 Å². The highest BCUT2D eigenvalue weighted by Gasteiger charge is 2.23. The largest absolute Gasteiger partial charge is 0.494 e. The van der Waals surface area contributed by atoms with E-state index < -0.39 is 5.97 Å². The number of hydrogen-bond donors (Lipinski definition) is 2. The van der Waals surface area contributed by atoms with Crippen LogP contribution in [0.5, 0.6) is 5.75 Å². The Morgan fingerprint density at radius 1 is 1.12 bits per heavy atom. The van der Waals surface area contributed by atoms with E-state index in [1.54, 1.807) is 4.68 Å². The Balaban J connectivity index is 1.67. The number of rotatable bonds is 7. The Morgan fingerprint density at radius 2 is 1.79 bits per heavy atom. The van der Waals surface area contributed by atoms with Crippen molar-refractivity contribution >= 4 is 40.1 Å². The molecule has 0 atom stereocenters. The summed E-state index contributed by atoms with van der Waals surface area (Å²) in [6.07, 6.45) is 1.19. The fourth-order valence-electron chi connectivity index (χ4n) is 4.54. The van der Waals surface area contributed by atoms with E-state index in [0.717, 1.165) is 55.4 Å². The number of aryl methyl sites for hydroxylation is 5. The van der Waals surface area contributed by atoms with Gasteiger partial charge in [0.05, 0.1) is 22.8 Å². The van der Waals surface area contributed by atoms with Crippen molar-refractivity contribution in [2.75, 3.05) is 6.61 Å². The second-order valence-electron chi connectivity index (χ2n) is 8.62. The average Bonchev–Trinajstić information content (AvgIpc) is 3.26. The average molecular weight is 500 g/mol. The molecule has 8 heteroatoms. The van der Waals surface area contributed by atoms with Crippen LogP contribution in [0.25, 0.3) is 22.0 Å². The second-order valence-corrected chi connectivity index (χ2v) is 9.41. The Kier molecular flexibility index (Phi) is 6.65. The maximum atomic E-state index is 12.1. The zero-order chi connectivity index (χ0) is 24.7. The quantitative estimate of drug-likeness (QED) is 0.273. The van der Waals surface area contributed by atoms with Crippen LogP contribution in [0.4, 0.5) is 0 Å². The van der Waals surface area contributed by atoms with E-state index in [-0.39, 0.29) is 5.69 Å². The molecule has 34 heavy (non-hydrogen) atoms. The lowest BCUT2D eigenvalue weighted by atomic mass is 9.98. The molecule has 0 saturated heterocycles. The maximum Gasteiger partial charge on any atom is 0.352 e. The number of nitrogens with one attached hydrogen (secondary N) is 1. The van der Waals surface area contributed by atoms with Crippen LogP contribution in [0.2, 0.25) is 10.0 Å². The van der Waals surface area contributed by atoms with E-state index in [1.807, 2.05) is 59.0 Å². The van der Waals surface area contributed by atoms with Crippen LogP contribution in [0.15, 0.2) is 24.3 Å². The summed E-state index contributed by atoms with van der Waals surface area (Å²) in [6, 6.07) is 7.53. The van der Waals surface area contributed by atoms with Gasteiger partial charge in [-0.15, -0.1) is 0 Å². The number of halogens is 2. The fraction of sp³-hybridized carbons (Fsp3) is 0.308. The molecular formula is C26H27Cl2N3O3. The highest BCUT2D eigenvalue weighted by molar-refractivity contribution is 6.35. The standard InChI is InChI=1S/C26H27Cl2N3O3/c1-13-11-17(12-14(2)23(13)28)34-10-6-7-18-19-8-9-20(27)22(24(19)29-25(18)26(32)33)21-15(3)30-31(5)16(21)4/h8-9,11-12,29H,6-7,10H2,1-5H3,(H,32,33). The van der Waals surface area contributed by atoms with Crippen LogP contribution in [-0.2, 0) is 13.5 Å². The van der Waals surface area contributed by atoms with Crippen LogP contribution in [0, 0.1) is 27.7 Å². The van der Waals surface area contributed by atoms with E-state index in [1.165, 1.54) is 0 Å². The summed E-state index contributed by atoms with van der Waals surface area (Å²) in [5, 5.41) is 16.6.